The van der Waals surface area contributed by atoms with Crippen molar-refractivity contribution in [1.82, 2.24) is 9.97 Å². The monoisotopic (exact) mass is 430 g/mol. The molecule has 6 heteroatoms. The van der Waals surface area contributed by atoms with Gasteiger partial charge in [-0.1, -0.05) is 84.6 Å². The standard InChI is InChI=1S/C25H22N2O3S/c1-29-22(28)16-30-21-14-8-9-18(15-21)17-31-25-26-23(19-10-4-2-5-11-19)24(27-25)20-12-6-3-7-13-20/h2-15H,16-17H2,1H3,(H,26,27). The Kier molecular flexibility index (Phi) is 6.69. The van der Waals surface area contributed by atoms with E-state index in [9.17, 15) is 4.79 Å². The van der Waals surface area contributed by atoms with Gasteiger partial charge in [0.1, 0.15) is 5.75 Å². The average Bonchev–Trinajstić information content (AvgIpc) is 3.27. The van der Waals surface area contributed by atoms with E-state index in [0.717, 1.165) is 33.2 Å². The Bertz CT molecular complexity index is 1090. The summed E-state index contributed by atoms with van der Waals surface area (Å²) >= 11 is 1.62. The van der Waals surface area contributed by atoms with Crippen molar-refractivity contribution in [2.45, 2.75) is 10.9 Å². The lowest BCUT2D eigenvalue weighted by atomic mass is 10.1. The summed E-state index contributed by atoms with van der Waals surface area (Å²) in [6, 6.07) is 28.1. The molecule has 0 radical (unpaired) electrons. The van der Waals surface area contributed by atoms with Gasteiger partial charge in [-0.25, -0.2) is 9.78 Å². The molecule has 31 heavy (non-hydrogen) atoms. The first-order chi connectivity index (χ1) is 15.2. The van der Waals surface area contributed by atoms with Crippen molar-refractivity contribution in [3.8, 4) is 28.3 Å². The first-order valence-corrected chi connectivity index (χ1v) is 10.8. The number of aromatic amines is 1. The third-order valence-electron chi connectivity index (χ3n) is 4.65. The molecule has 0 unspecified atom stereocenters. The van der Waals surface area contributed by atoms with Gasteiger partial charge in [0.05, 0.1) is 18.5 Å². The molecule has 0 aliphatic heterocycles. The largest absolute Gasteiger partial charge is 0.482 e. The molecule has 0 atom stereocenters. The van der Waals surface area contributed by atoms with Gasteiger partial charge in [0, 0.05) is 16.9 Å². The molecule has 0 bridgehead atoms. The van der Waals surface area contributed by atoms with Gasteiger partial charge in [-0.3, -0.25) is 0 Å². The van der Waals surface area contributed by atoms with Crippen LogP contribution in [0.4, 0.5) is 0 Å². The minimum Gasteiger partial charge on any atom is -0.482 e. The molecule has 0 fully saturated rings. The van der Waals surface area contributed by atoms with Gasteiger partial charge < -0.3 is 14.5 Å². The number of hydrogen-bond donors (Lipinski definition) is 1. The number of H-pyrrole nitrogens is 1. The number of imidazole rings is 1. The highest BCUT2D eigenvalue weighted by Gasteiger charge is 2.14. The Morgan fingerprint density at radius 3 is 2.35 bits per heavy atom. The zero-order valence-corrected chi connectivity index (χ0v) is 17.9. The van der Waals surface area contributed by atoms with Crippen molar-refractivity contribution >= 4 is 17.7 Å². The van der Waals surface area contributed by atoms with Crippen LogP contribution in [0, 0.1) is 0 Å². The first-order valence-electron chi connectivity index (χ1n) is 9.85. The maximum atomic E-state index is 11.3. The fourth-order valence-electron chi connectivity index (χ4n) is 3.12. The van der Waals surface area contributed by atoms with Crippen LogP contribution in [0.25, 0.3) is 22.5 Å². The number of nitrogens with one attached hydrogen (secondary N) is 1. The summed E-state index contributed by atoms with van der Waals surface area (Å²) in [7, 11) is 1.34. The predicted molar refractivity (Wildman–Crippen MR) is 123 cm³/mol. The molecule has 1 N–H and O–H groups in total. The van der Waals surface area contributed by atoms with Crippen LogP contribution >= 0.6 is 11.8 Å². The van der Waals surface area contributed by atoms with E-state index >= 15 is 0 Å². The maximum absolute atomic E-state index is 11.3. The number of methoxy groups -OCH3 is 1. The van der Waals surface area contributed by atoms with Crippen molar-refractivity contribution in [2.24, 2.45) is 0 Å². The lowest BCUT2D eigenvalue weighted by Gasteiger charge is -2.06. The van der Waals surface area contributed by atoms with E-state index < -0.39 is 5.97 Å². The van der Waals surface area contributed by atoms with Gasteiger partial charge in [-0.15, -0.1) is 0 Å². The fourth-order valence-corrected chi connectivity index (χ4v) is 3.93. The van der Waals surface area contributed by atoms with E-state index in [0.29, 0.717) is 11.5 Å². The second-order valence-corrected chi connectivity index (χ2v) is 7.76. The molecule has 0 saturated carbocycles. The Hall–Kier alpha value is -3.51. The lowest BCUT2D eigenvalue weighted by molar-refractivity contribution is -0.142. The normalized spacial score (nSPS) is 10.6. The summed E-state index contributed by atoms with van der Waals surface area (Å²) < 4.78 is 10.1. The third-order valence-corrected chi connectivity index (χ3v) is 5.59. The minimum atomic E-state index is -0.405. The third kappa shape index (κ3) is 5.35. The number of rotatable bonds is 8. The molecule has 0 amide bonds. The summed E-state index contributed by atoms with van der Waals surface area (Å²) in [5.41, 5.74) is 5.18. The summed E-state index contributed by atoms with van der Waals surface area (Å²) in [5, 5.41) is 0.846. The minimum absolute atomic E-state index is 0.105. The lowest BCUT2D eigenvalue weighted by Crippen LogP contribution is -2.12. The van der Waals surface area contributed by atoms with Crippen molar-refractivity contribution in [3.05, 3.63) is 90.5 Å². The highest BCUT2D eigenvalue weighted by molar-refractivity contribution is 7.98. The van der Waals surface area contributed by atoms with Gasteiger partial charge in [0.25, 0.3) is 0 Å². The number of nitrogens with zero attached hydrogens (tertiary/aromatic N) is 1. The fraction of sp³-hybridized carbons (Fsp3) is 0.120. The Balaban J connectivity index is 1.53. The number of hydrogen-bond acceptors (Lipinski definition) is 5. The van der Waals surface area contributed by atoms with Crippen LogP contribution in [0.3, 0.4) is 0 Å². The molecule has 0 aliphatic rings. The zero-order valence-electron chi connectivity index (χ0n) is 17.1. The summed E-state index contributed by atoms with van der Waals surface area (Å²) in [6.45, 7) is -0.105. The zero-order chi connectivity index (χ0) is 21.5. The Morgan fingerprint density at radius 1 is 0.935 bits per heavy atom. The first kappa shape index (κ1) is 20.8. The average molecular weight is 431 g/mol. The van der Waals surface area contributed by atoms with Gasteiger partial charge in [0.15, 0.2) is 11.8 Å². The van der Waals surface area contributed by atoms with Crippen LogP contribution in [0.1, 0.15) is 5.56 Å². The molecule has 0 spiro atoms. The van der Waals surface area contributed by atoms with Crippen molar-refractivity contribution in [3.63, 3.8) is 0 Å². The molecule has 156 valence electrons. The van der Waals surface area contributed by atoms with Crippen molar-refractivity contribution < 1.29 is 14.3 Å². The molecule has 4 rings (SSSR count). The number of benzene rings is 3. The molecule has 1 aromatic heterocycles. The van der Waals surface area contributed by atoms with Gasteiger partial charge >= 0.3 is 5.97 Å². The van der Waals surface area contributed by atoms with Crippen molar-refractivity contribution in [1.29, 1.82) is 0 Å². The van der Waals surface area contributed by atoms with E-state index in [1.165, 1.54) is 7.11 Å². The predicted octanol–water partition coefficient (Wildman–Crippen LogP) is 5.59. The number of ether oxygens (including phenoxy) is 2. The number of esters is 1. The van der Waals surface area contributed by atoms with E-state index in [1.807, 2.05) is 60.7 Å². The van der Waals surface area contributed by atoms with Crippen LogP contribution in [-0.2, 0) is 15.3 Å². The molecule has 0 aliphatic carbocycles. The quantitative estimate of drug-likeness (QED) is 0.292. The smallest absolute Gasteiger partial charge is 0.343 e. The topological polar surface area (TPSA) is 64.2 Å². The van der Waals surface area contributed by atoms with E-state index in [1.54, 1.807) is 11.8 Å². The SMILES string of the molecule is COC(=O)COc1cccc(CSc2nc(-c3ccccc3)c(-c3ccccc3)[nH]2)c1. The van der Waals surface area contributed by atoms with E-state index in [2.05, 4.69) is 34.0 Å². The summed E-state index contributed by atoms with van der Waals surface area (Å²) in [5.74, 6) is 0.945. The number of thioether (sulfide) groups is 1. The van der Waals surface area contributed by atoms with Crippen LogP contribution in [0.15, 0.2) is 90.1 Å². The molecule has 1 heterocycles. The summed E-state index contributed by atoms with van der Waals surface area (Å²) in [6.07, 6.45) is 0. The van der Waals surface area contributed by atoms with Gasteiger partial charge in [-0.2, -0.15) is 0 Å². The molecule has 0 saturated heterocycles. The van der Waals surface area contributed by atoms with Crippen LogP contribution in [0.5, 0.6) is 5.75 Å². The molecule has 4 aromatic rings. The van der Waals surface area contributed by atoms with Crippen LogP contribution in [0.2, 0.25) is 0 Å². The Labute approximate surface area is 185 Å². The number of carbonyl (C=O) groups excluding carboxylic acids is 1. The van der Waals surface area contributed by atoms with E-state index in [4.69, 9.17) is 9.72 Å². The molecule has 5 nitrogen and oxygen atoms in total. The molecular formula is C25H22N2O3S. The second kappa shape index (κ2) is 10.00. The number of aromatic nitrogens is 2. The Morgan fingerprint density at radius 2 is 1.65 bits per heavy atom. The van der Waals surface area contributed by atoms with Gasteiger partial charge in [0.2, 0.25) is 0 Å². The summed E-state index contributed by atoms with van der Waals surface area (Å²) in [4.78, 5) is 19.7. The van der Waals surface area contributed by atoms with Crippen molar-refractivity contribution in [2.75, 3.05) is 13.7 Å². The van der Waals surface area contributed by atoms with Crippen LogP contribution in [-0.4, -0.2) is 29.7 Å². The highest BCUT2D eigenvalue weighted by atomic mass is 32.2. The van der Waals surface area contributed by atoms with Gasteiger partial charge in [-0.05, 0) is 17.7 Å². The maximum Gasteiger partial charge on any atom is 0.343 e. The second-order valence-electron chi connectivity index (χ2n) is 6.80. The number of carbonyl (C=O) groups is 1. The van der Waals surface area contributed by atoms with E-state index in [-0.39, 0.29) is 6.61 Å². The van der Waals surface area contributed by atoms with Crippen LogP contribution < -0.4 is 4.74 Å². The highest BCUT2D eigenvalue weighted by Crippen LogP contribution is 2.33. The molecular weight excluding hydrogens is 408 g/mol. The molecule has 3 aromatic carbocycles.